The van der Waals surface area contributed by atoms with Crippen LogP contribution in [0.25, 0.3) is 0 Å². The first kappa shape index (κ1) is 12.4. The fourth-order valence-electron chi connectivity index (χ4n) is 1.69. The zero-order valence-corrected chi connectivity index (χ0v) is 10.8. The van der Waals surface area contributed by atoms with Gasteiger partial charge in [0.1, 0.15) is 5.82 Å². The van der Waals surface area contributed by atoms with Crippen LogP contribution in [0.4, 0.5) is 4.39 Å². The van der Waals surface area contributed by atoms with Crippen LogP contribution in [0, 0.1) is 5.82 Å². The molecule has 92 valence electrons. The summed E-state index contributed by atoms with van der Waals surface area (Å²) in [5.41, 5.74) is 1.15. The van der Waals surface area contributed by atoms with Gasteiger partial charge in [-0.15, -0.1) is 0 Å². The van der Waals surface area contributed by atoms with Crippen LogP contribution in [-0.2, 0) is 6.42 Å². The zero-order chi connectivity index (χ0) is 12.1. The molecule has 1 aliphatic rings. The van der Waals surface area contributed by atoms with Crippen molar-refractivity contribution in [1.82, 2.24) is 5.32 Å². The van der Waals surface area contributed by atoms with Crippen LogP contribution in [0.5, 0.6) is 0 Å². The number of aliphatic imine (C=N–C) groups is 1. The maximum Gasteiger partial charge on any atom is 0.156 e. The Bertz CT molecular complexity index is 389. The molecule has 2 nitrogen and oxygen atoms in total. The Morgan fingerprint density at radius 1 is 1.41 bits per heavy atom. The zero-order valence-electron chi connectivity index (χ0n) is 9.95. The molecule has 0 fully saturated rings. The topological polar surface area (TPSA) is 24.4 Å². The lowest BCUT2D eigenvalue weighted by Crippen LogP contribution is -2.22. The molecule has 1 aromatic carbocycles. The highest BCUT2D eigenvalue weighted by Gasteiger charge is 2.16. The molecular weight excluding hydrogens is 235 g/mol. The molecule has 0 spiro atoms. The SMILES string of the molecule is CCC1CN=C(NCCc2ccc(F)cc2)S1. The van der Waals surface area contributed by atoms with E-state index < -0.39 is 0 Å². The number of hydrogen-bond acceptors (Lipinski definition) is 3. The van der Waals surface area contributed by atoms with Gasteiger partial charge in [-0.1, -0.05) is 30.8 Å². The van der Waals surface area contributed by atoms with E-state index in [4.69, 9.17) is 0 Å². The van der Waals surface area contributed by atoms with Gasteiger partial charge in [-0.25, -0.2) is 4.39 Å². The molecule has 1 atom stereocenters. The van der Waals surface area contributed by atoms with E-state index in [1.54, 1.807) is 0 Å². The number of rotatable bonds is 4. The summed E-state index contributed by atoms with van der Waals surface area (Å²) in [6.45, 7) is 3.97. The number of amidine groups is 1. The van der Waals surface area contributed by atoms with Crippen LogP contribution >= 0.6 is 11.8 Å². The molecule has 2 rings (SSSR count). The van der Waals surface area contributed by atoms with Gasteiger partial charge >= 0.3 is 0 Å². The molecular formula is C13H17FN2S. The van der Waals surface area contributed by atoms with Crippen molar-refractivity contribution in [2.24, 2.45) is 4.99 Å². The first-order valence-electron chi connectivity index (χ1n) is 5.97. The average molecular weight is 252 g/mol. The van der Waals surface area contributed by atoms with Gasteiger partial charge in [0.25, 0.3) is 0 Å². The largest absolute Gasteiger partial charge is 0.365 e. The number of hydrogen-bond donors (Lipinski definition) is 1. The number of halogens is 1. The molecule has 1 unspecified atom stereocenters. The summed E-state index contributed by atoms with van der Waals surface area (Å²) in [5.74, 6) is -0.178. The number of nitrogens with zero attached hydrogens (tertiary/aromatic N) is 1. The Morgan fingerprint density at radius 2 is 2.18 bits per heavy atom. The van der Waals surface area contributed by atoms with Crippen molar-refractivity contribution < 1.29 is 4.39 Å². The maximum absolute atomic E-state index is 12.7. The van der Waals surface area contributed by atoms with Gasteiger partial charge in [0.05, 0.1) is 6.54 Å². The predicted octanol–water partition coefficient (Wildman–Crippen LogP) is 2.84. The second kappa shape index (κ2) is 6.05. The van der Waals surface area contributed by atoms with Crippen LogP contribution in [0.15, 0.2) is 29.3 Å². The lowest BCUT2D eigenvalue weighted by molar-refractivity contribution is 0.627. The Hall–Kier alpha value is -1.03. The minimum absolute atomic E-state index is 0.178. The molecule has 0 saturated carbocycles. The Labute approximate surface area is 106 Å². The van der Waals surface area contributed by atoms with Crippen LogP contribution in [0.3, 0.4) is 0 Å². The summed E-state index contributed by atoms with van der Waals surface area (Å²) >= 11 is 1.83. The van der Waals surface area contributed by atoms with Crippen molar-refractivity contribution in [2.45, 2.75) is 25.0 Å². The normalized spacial score (nSPS) is 19.2. The van der Waals surface area contributed by atoms with Crippen LogP contribution in [-0.4, -0.2) is 23.5 Å². The average Bonchev–Trinajstić information content (AvgIpc) is 2.80. The minimum Gasteiger partial charge on any atom is -0.365 e. The van der Waals surface area contributed by atoms with Crippen LogP contribution in [0.1, 0.15) is 18.9 Å². The van der Waals surface area contributed by atoms with Crippen molar-refractivity contribution in [3.63, 3.8) is 0 Å². The van der Waals surface area contributed by atoms with Crippen LogP contribution in [0.2, 0.25) is 0 Å². The second-order valence-electron chi connectivity index (χ2n) is 4.10. The summed E-state index contributed by atoms with van der Waals surface area (Å²) in [4.78, 5) is 4.44. The molecule has 0 radical (unpaired) electrons. The lowest BCUT2D eigenvalue weighted by Gasteiger charge is -2.07. The number of thioether (sulfide) groups is 1. The minimum atomic E-state index is -0.178. The van der Waals surface area contributed by atoms with Crippen molar-refractivity contribution in [2.75, 3.05) is 13.1 Å². The Balaban J connectivity index is 1.71. The highest BCUT2D eigenvalue weighted by atomic mass is 32.2. The van der Waals surface area contributed by atoms with Gasteiger partial charge < -0.3 is 5.32 Å². The second-order valence-corrected chi connectivity index (χ2v) is 5.39. The number of nitrogens with one attached hydrogen (secondary N) is 1. The molecule has 0 aliphatic carbocycles. The molecule has 1 N–H and O–H groups in total. The number of benzene rings is 1. The van der Waals surface area contributed by atoms with E-state index in [0.29, 0.717) is 5.25 Å². The fraction of sp³-hybridized carbons (Fsp3) is 0.462. The van der Waals surface area contributed by atoms with Crippen LogP contribution < -0.4 is 5.32 Å². The third-order valence-corrected chi connectivity index (χ3v) is 4.09. The fourth-order valence-corrected chi connectivity index (χ4v) is 2.66. The van der Waals surface area contributed by atoms with E-state index in [9.17, 15) is 4.39 Å². The first-order chi connectivity index (χ1) is 8.28. The van der Waals surface area contributed by atoms with Crippen molar-refractivity contribution in [1.29, 1.82) is 0 Å². The Kier molecular flexibility index (Phi) is 4.42. The molecule has 0 saturated heterocycles. The highest BCUT2D eigenvalue weighted by molar-refractivity contribution is 8.14. The summed E-state index contributed by atoms with van der Waals surface area (Å²) in [6.07, 6.45) is 2.06. The first-order valence-corrected chi connectivity index (χ1v) is 6.85. The summed E-state index contributed by atoms with van der Waals surface area (Å²) in [7, 11) is 0. The van der Waals surface area contributed by atoms with E-state index in [-0.39, 0.29) is 5.82 Å². The molecule has 0 aromatic heterocycles. The molecule has 0 bridgehead atoms. The van der Waals surface area contributed by atoms with Gasteiger partial charge in [-0.3, -0.25) is 4.99 Å². The Morgan fingerprint density at radius 3 is 2.82 bits per heavy atom. The van der Waals surface area contributed by atoms with Crippen molar-refractivity contribution >= 4 is 16.9 Å². The van der Waals surface area contributed by atoms with E-state index in [0.717, 1.165) is 36.7 Å². The lowest BCUT2D eigenvalue weighted by atomic mass is 10.1. The predicted molar refractivity (Wildman–Crippen MR) is 72.1 cm³/mol. The molecule has 1 aliphatic heterocycles. The summed E-state index contributed by atoms with van der Waals surface area (Å²) in [6, 6.07) is 6.67. The maximum atomic E-state index is 12.7. The third kappa shape index (κ3) is 3.73. The van der Waals surface area contributed by atoms with E-state index in [1.165, 1.54) is 12.1 Å². The molecule has 0 amide bonds. The smallest absolute Gasteiger partial charge is 0.156 e. The monoisotopic (exact) mass is 252 g/mol. The van der Waals surface area contributed by atoms with Gasteiger partial charge in [0.15, 0.2) is 5.17 Å². The standard InChI is InChI=1S/C13H17FN2S/c1-2-12-9-16-13(17-12)15-8-7-10-3-5-11(14)6-4-10/h3-6,12H,2,7-9H2,1H3,(H,15,16). The van der Waals surface area contributed by atoms with Crippen molar-refractivity contribution in [3.05, 3.63) is 35.6 Å². The summed E-state index contributed by atoms with van der Waals surface area (Å²) in [5, 5.41) is 5.02. The highest BCUT2D eigenvalue weighted by Crippen LogP contribution is 2.21. The third-order valence-electron chi connectivity index (χ3n) is 2.78. The molecule has 1 heterocycles. The van der Waals surface area contributed by atoms with Gasteiger partial charge in [0, 0.05) is 11.8 Å². The molecule has 4 heteroatoms. The van der Waals surface area contributed by atoms with Gasteiger partial charge in [-0.2, -0.15) is 0 Å². The van der Waals surface area contributed by atoms with Crippen molar-refractivity contribution in [3.8, 4) is 0 Å². The van der Waals surface area contributed by atoms with Gasteiger partial charge in [0.2, 0.25) is 0 Å². The molecule has 1 aromatic rings. The van der Waals surface area contributed by atoms with E-state index in [2.05, 4.69) is 17.2 Å². The molecule has 17 heavy (non-hydrogen) atoms. The van der Waals surface area contributed by atoms with E-state index in [1.807, 2.05) is 23.9 Å². The quantitative estimate of drug-likeness (QED) is 0.891. The van der Waals surface area contributed by atoms with E-state index >= 15 is 0 Å². The van der Waals surface area contributed by atoms with Gasteiger partial charge in [-0.05, 0) is 30.5 Å². The summed E-state index contributed by atoms with van der Waals surface area (Å²) < 4.78 is 12.7.